The molecule has 9 heteroatoms. The molecule has 0 saturated carbocycles. The molecule has 0 aliphatic heterocycles. The van der Waals surface area contributed by atoms with Gasteiger partial charge in [0.15, 0.2) is 10.3 Å². The van der Waals surface area contributed by atoms with E-state index in [2.05, 4.69) is 32.6 Å². The highest BCUT2D eigenvalue weighted by molar-refractivity contribution is 8.00. The lowest BCUT2D eigenvalue weighted by Crippen LogP contribution is -2.22. The third-order valence-corrected chi connectivity index (χ3v) is 8.00. The van der Waals surface area contributed by atoms with Gasteiger partial charge in [0.05, 0.1) is 21.2 Å². The maximum Gasteiger partial charge on any atom is 0.239 e. The first-order valence-electron chi connectivity index (χ1n) is 10.7. The van der Waals surface area contributed by atoms with Gasteiger partial charge in [0.2, 0.25) is 5.91 Å². The van der Waals surface area contributed by atoms with Crippen molar-refractivity contribution in [2.45, 2.75) is 28.0 Å². The highest BCUT2D eigenvalue weighted by Gasteiger charge is 2.22. The van der Waals surface area contributed by atoms with Crippen LogP contribution < -0.4 is 5.32 Å². The topological polar surface area (TPSA) is 72.7 Å². The van der Waals surface area contributed by atoms with Gasteiger partial charge in [-0.05, 0) is 43.3 Å². The fourth-order valence-corrected chi connectivity index (χ4v) is 5.90. The lowest BCUT2D eigenvalue weighted by molar-refractivity contribution is -0.115. The lowest BCUT2D eigenvalue weighted by atomic mass is 10.3. The first-order valence-corrected chi connectivity index (χ1v) is 13.4. The molecule has 5 rings (SSSR count). The van der Waals surface area contributed by atoms with Gasteiger partial charge in [-0.15, -0.1) is 22.0 Å². The highest BCUT2D eigenvalue weighted by atomic mass is 32.2. The van der Waals surface area contributed by atoms with Crippen molar-refractivity contribution in [1.29, 1.82) is 0 Å². The number of thioether (sulfide) groups is 2. The fourth-order valence-electron chi connectivity index (χ4n) is 3.32. The summed E-state index contributed by atoms with van der Waals surface area (Å²) in [7, 11) is 0. The average molecular weight is 504 g/mol. The van der Waals surface area contributed by atoms with E-state index in [-0.39, 0.29) is 11.2 Å². The molecule has 2 aromatic heterocycles. The van der Waals surface area contributed by atoms with Crippen LogP contribution in [0.25, 0.3) is 15.9 Å². The van der Waals surface area contributed by atoms with Crippen LogP contribution in [0, 0.1) is 0 Å². The van der Waals surface area contributed by atoms with Crippen LogP contribution in [-0.4, -0.2) is 30.9 Å². The van der Waals surface area contributed by atoms with Crippen molar-refractivity contribution < 1.29 is 4.79 Å². The van der Waals surface area contributed by atoms with Crippen LogP contribution in [0.4, 0.5) is 5.13 Å². The molecule has 2 heterocycles. The quantitative estimate of drug-likeness (QED) is 0.251. The third-order valence-electron chi connectivity index (χ3n) is 5.00. The second-order valence-electron chi connectivity index (χ2n) is 7.41. The molecule has 0 bridgehead atoms. The van der Waals surface area contributed by atoms with Gasteiger partial charge in [-0.3, -0.25) is 9.36 Å². The van der Waals surface area contributed by atoms with Crippen LogP contribution in [0.15, 0.2) is 95.0 Å². The van der Waals surface area contributed by atoms with Crippen molar-refractivity contribution in [3.63, 3.8) is 0 Å². The van der Waals surface area contributed by atoms with E-state index in [1.807, 2.05) is 84.3 Å². The smallest absolute Gasteiger partial charge is 0.239 e. The Labute approximate surface area is 209 Å². The number of benzene rings is 3. The Kier molecular flexibility index (Phi) is 6.94. The SMILES string of the molecule is CC(Sc1nnc(CSc2ccccc2)n1-c1ccccc1)C(=O)Nc1nc2ccccc2s1. The molecule has 1 amide bonds. The van der Waals surface area contributed by atoms with E-state index in [1.165, 1.54) is 28.0 Å². The molecule has 0 aliphatic rings. The van der Waals surface area contributed by atoms with Crippen LogP contribution in [0.1, 0.15) is 12.7 Å². The van der Waals surface area contributed by atoms with Crippen LogP contribution in [0.2, 0.25) is 0 Å². The zero-order valence-electron chi connectivity index (χ0n) is 18.3. The molecule has 1 unspecified atom stereocenters. The molecule has 0 saturated heterocycles. The number of hydrogen-bond acceptors (Lipinski definition) is 7. The van der Waals surface area contributed by atoms with Gasteiger partial charge in [0.25, 0.3) is 0 Å². The molecule has 0 spiro atoms. The maximum atomic E-state index is 12.9. The van der Waals surface area contributed by atoms with Crippen molar-refractivity contribution in [3.8, 4) is 5.69 Å². The summed E-state index contributed by atoms with van der Waals surface area (Å²) in [6.07, 6.45) is 0. The maximum absolute atomic E-state index is 12.9. The van der Waals surface area contributed by atoms with E-state index in [9.17, 15) is 4.79 Å². The summed E-state index contributed by atoms with van der Waals surface area (Å²) in [6.45, 7) is 1.87. The van der Waals surface area contributed by atoms with Crippen molar-refractivity contribution >= 4 is 56.1 Å². The molecular weight excluding hydrogens is 483 g/mol. The van der Waals surface area contributed by atoms with Crippen LogP contribution in [0.5, 0.6) is 0 Å². The number of para-hydroxylation sites is 2. The summed E-state index contributed by atoms with van der Waals surface area (Å²) in [5, 5.41) is 12.8. The number of carbonyl (C=O) groups is 1. The van der Waals surface area contributed by atoms with E-state index < -0.39 is 0 Å². The summed E-state index contributed by atoms with van der Waals surface area (Å²) < 4.78 is 3.07. The fraction of sp³-hybridized carbons (Fsp3) is 0.120. The summed E-state index contributed by atoms with van der Waals surface area (Å²) >= 11 is 4.56. The minimum atomic E-state index is -0.381. The molecule has 6 nitrogen and oxygen atoms in total. The zero-order valence-corrected chi connectivity index (χ0v) is 20.7. The van der Waals surface area contributed by atoms with Crippen molar-refractivity contribution in [2.24, 2.45) is 0 Å². The third kappa shape index (κ3) is 5.16. The summed E-state index contributed by atoms with van der Waals surface area (Å²) in [6, 6.07) is 28.1. The van der Waals surface area contributed by atoms with Gasteiger partial charge < -0.3 is 5.32 Å². The Bertz CT molecular complexity index is 1370. The number of aromatic nitrogens is 4. The Morgan fingerprint density at radius 3 is 2.44 bits per heavy atom. The molecule has 0 radical (unpaired) electrons. The first-order chi connectivity index (χ1) is 16.7. The van der Waals surface area contributed by atoms with Gasteiger partial charge in [-0.1, -0.05) is 71.6 Å². The van der Waals surface area contributed by atoms with E-state index in [1.54, 1.807) is 11.8 Å². The monoisotopic (exact) mass is 503 g/mol. The van der Waals surface area contributed by atoms with Gasteiger partial charge in [-0.2, -0.15) is 0 Å². The predicted octanol–water partition coefficient (Wildman–Crippen LogP) is 6.29. The summed E-state index contributed by atoms with van der Waals surface area (Å²) in [5.74, 6) is 1.38. The van der Waals surface area contributed by atoms with Crippen molar-refractivity contribution in [3.05, 3.63) is 90.8 Å². The Hall–Kier alpha value is -3.14. The van der Waals surface area contributed by atoms with E-state index in [0.29, 0.717) is 16.0 Å². The molecule has 170 valence electrons. The van der Waals surface area contributed by atoms with Crippen molar-refractivity contribution in [2.75, 3.05) is 5.32 Å². The standard InChI is InChI=1S/C25H21N5OS3/c1-17(23(31)27-24-26-20-14-8-9-15-21(20)34-24)33-25-29-28-22(16-32-19-12-6-3-7-13-19)30(25)18-10-4-2-5-11-18/h2-15,17H,16H2,1H3,(H,26,27,31). The van der Waals surface area contributed by atoms with Crippen LogP contribution in [-0.2, 0) is 10.5 Å². The van der Waals surface area contributed by atoms with E-state index >= 15 is 0 Å². The lowest BCUT2D eigenvalue weighted by Gasteiger charge is -2.13. The normalized spacial score (nSPS) is 12.0. The largest absolute Gasteiger partial charge is 0.301 e. The Morgan fingerprint density at radius 2 is 1.68 bits per heavy atom. The van der Waals surface area contributed by atoms with Crippen molar-refractivity contribution in [1.82, 2.24) is 19.7 Å². The Balaban J connectivity index is 1.34. The highest BCUT2D eigenvalue weighted by Crippen LogP contribution is 2.30. The molecule has 3 aromatic carbocycles. The number of rotatable bonds is 8. The second-order valence-corrected chi connectivity index (χ2v) is 10.8. The number of carbonyl (C=O) groups excluding carboxylic acids is 1. The number of hydrogen-bond donors (Lipinski definition) is 1. The molecular formula is C25H21N5OS3. The number of thiazole rings is 1. The van der Waals surface area contributed by atoms with Gasteiger partial charge in [-0.25, -0.2) is 4.98 Å². The molecule has 0 aliphatic carbocycles. The van der Waals surface area contributed by atoms with Gasteiger partial charge in [0.1, 0.15) is 5.82 Å². The van der Waals surface area contributed by atoms with E-state index in [0.717, 1.165) is 21.7 Å². The van der Waals surface area contributed by atoms with Gasteiger partial charge in [0, 0.05) is 10.6 Å². The molecule has 1 N–H and O–H groups in total. The predicted molar refractivity (Wildman–Crippen MR) is 141 cm³/mol. The van der Waals surface area contributed by atoms with Crippen LogP contribution in [0.3, 0.4) is 0 Å². The van der Waals surface area contributed by atoms with Gasteiger partial charge >= 0.3 is 0 Å². The minimum Gasteiger partial charge on any atom is -0.301 e. The molecule has 5 aromatic rings. The number of nitrogens with zero attached hydrogens (tertiary/aromatic N) is 4. The van der Waals surface area contributed by atoms with E-state index in [4.69, 9.17) is 0 Å². The summed E-state index contributed by atoms with van der Waals surface area (Å²) in [4.78, 5) is 18.6. The number of fused-ring (bicyclic) bond motifs is 1. The average Bonchev–Trinajstić information content (AvgIpc) is 3.47. The molecule has 34 heavy (non-hydrogen) atoms. The minimum absolute atomic E-state index is 0.119. The Morgan fingerprint density at radius 1 is 0.971 bits per heavy atom. The number of amides is 1. The van der Waals surface area contributed by atoms with Crippen LogP contribution >= 0.6 is 34.9 Å². The summed E-state index contributed by atoms with van der Waals surface area (Å²) in [5.41, 5.74) is 1.85. The second kappa shape index (κ2) is 10.4. The first kappa shape index (κ1) is 22.6. The molecule has 1 atom stereocenters. The number of nitrogens with one attached hydrogen (secondary N) is 1. The molecule has 0 fully saturated rings. The number of anilines is 1. The zero-order chi connectivity index (χ0) is 23.3.